The van der Waals surface area contributed by atoms with Gasteiger partial charge in [-0.3, -0.25) is 4.79 Å². The van der Waals surface area contributed by atoms with Gasteiger partial charge < -0.3 is 25.9 Å². The highest BCUT2D eigenvalue weighted by Gasteiger charge is 2.45. The second-order valence-electron chi connectivity index (χ2n) is 5.64. The summed E-state index contributed by atoms with van der Waals surface area (Å²) in [5.41, 5.74) is -4.21. The first kappa shape index (κ1) is 21.7. The van der Waals surface area contributed by atoms with Gasteiger partial charge in [0.2, 0.25) is 8.38 Å². The van der Waals surface area contributed by atoms with Crippen LogP contribution < -0.4 is 5.32 Å². The van der Waals surface area contributed by atoms with Crippen molar-refractivity contribution in [2.24, 2.45) is 0 Å². The number of benzene rings is 1. The third-order valence-electron chi connectivity index (χ3n) is 3.77. The zero-order valence-electron chi connectivity index (χ0n) is 14.4. The highest BCUT2D eigenvalue weighted by atomic mass is 32.1. The minimum Gasteiger partial charge on any atom is -0.346 e. The molecule has 1 amide bonds. The first-order chi connectivity index (χ1) is 13.1. The summed E-state index contributed by atoms with van der Waals surface area (Å²) in [6.45, 7) is 1.57. The summed E-state index contributed by atoms with van der Waals surface area (Å²) in [4.78, 5) is 29.6. The molecule has 0 unspecified atom stereocenters. The number of nitriles is 1. The van der Waals surface area contributed by atoms with Crippen molar-refractivity contribution in [1.29, 1.82) is 16.1 Å². The molecule has 0 saturated heterocycles. The fourth-order valence-electron chi connectivity index (χ4n) is 2.31. The Hall–Kier alpha value is -2.57. The van der Waals surface area contributed by atoms with Gasteiger partial charge in [-0.25, -0.2) is 0 Å². The lowest BCUT2D eigenvalue weighted by molar-refractivity contribution is 0.0770. The van der Waals surface area contributed by atoms with Gasteiger partial charge in [-0.05, 0) is 37.3 Å². The molecule has 0 bridgehead atoms. The smallest absolute Gasteiger partial charge is 0.346 e. The Bertz CT molecular complexity index is 1010. The van der Waals surface area contributed by atoms with Gasteiger partial charge >= 0.3 is 5.66 Å². The topological polar surface area (TPSA) is 141 Å². The Balaban J connectivity index is 2.40. The van der Waals surface area contributed by atoms with E-state index in [1.54, 1.807) is 13.0 Å². The van der Waals surface area contributed by atoms with E-state index in [0.717, 1.165) is 6.21 Å². The van der Waals surface area contributed by atoms with Crippen LogP contribution >= 0.6 is 19.7 Å². The summed E-state index contributed by atoms with van der Waals surface area (Å²) < 4.78 is 28.4. The molecule has 0 saturated carbocycles. The minimum absolute atomic E-state index is 0.0624. The van der Waals surface area contributed by atoms with E-state index in [1.165, 1.54) is 30.4 Å². The van der Waals surface area contributed by atoms with Crippen molar-refractivity contribution in [1.82, 2.24) is 5.32 Å². The fraction of sp³-hybridized carbons (Fsp3) is 0.176. The van der Waals surface area contributed by atoms with E-state index in [1.807, 2.05) is 0 Å². The molecule has 1 atom stereocenters. The zero-order chi connectivity index (χ0) is 21.1. The second kappa shape index (κ2) is 8.63. The number of carbonyl (C=O) groups excluding carboxylic acids is 1. The number of hydrogen-bond acceptors (Lipinski definition) is 7. The Morgan fingerprint density at radius 1 is 1.46 bits per heavy atom. The normalized spacial score (nSPS) is 12.9. The van der Waals surface area contributed by atoms with Gasteiger partial charge in [-0.1, -0.05) is 0 Å². The van der Waals surface area contributed by atoms with Crippen LogP contribution in [0, 0.1) is 22.1 Å². The number of nitrogens with zero attached hydrogens (tertiary/aromatic N) is 1. The molecule has 146 valence electrons. The van der Waals surface area contributed by atoms with E-state index in [4.69, 9.17) is 20.6 Å². The van der Waals surface area contributed by atoms with Gasteiger partial charge in [0.1, 0.15) is 10.9 Å². The first-order valence-corrected chi connectivity index (χ1v) is 9.79. The van der Waals surface area contributed by atoms with Gasteiger partial charge in [-0.15, -0.1) is 11.3 Å². The lowest BCUT2D eigenvalue weighted by Crippen LogP contribution is -2.37. The number of thiophene rings is 1. The molecule has 2 rings (SSSR count). The molecule has 0 aliphatic carbocycles. The zero-order valence-corrected chi connectivity index (χ0v) is 16.1. The largest absolute Gasteiger partial charge is 0.349 e. The van der Waals surface area contributed by atoms with Crippen LogP contribution in [0.2, 0.25) is 0 Å². The summed E-state index contributed by atoms with van der Waals surface area (Å²) >= 11 is 0.560. The van der Waals surface area contributed by atoms with Crippen LogP contribution in [0.25, 0.3) is 10.1 Å². The SMILES string of the molecule is C[C@@H](NC(=O)c1ccc2sc(C(F)(F)P(O)O)c(C#N)c2c1)C(=N)/C=C\C=N. The van der Waals surface area contributed by atoms with Crippen molar-refractivity contribution in [3.63, 3.8) is 0 Å². The predicted octanol–water partition coefficient (Wildman–Crippen LogP) is 3.46. The van der Waals surface area contributed by atoms with E-state index < -0.39 is 36.4 Å². The van der Waals surface area contributed by atoms with Crippen molar-refractivity contribution in [3.8, 4) is 6.07 Å². The molecular formula is C17H15F2N4O3PS. The standard InChI is InChI=1S/C17H15F2N4O3PS/c1-9(13(22)3-2-6-20)23-16(24)10-4-5-14-11(7-10)12(8-21)15(28-14)17(18,19)27(25)26/h2-7,9,20,22,25-26H,1H3,(H,23,24)/b3-2-,20-6?,22-13?/t9-/m1/s1. The summed E-state index contributed by atoms with van der Waals surface area (Å²) in [5.74, 6) is -0.572. The van der Waals surface area contributed by atoms with Crippen molar-refractivity contribution in [2.75, 3.05) is 0 Å². The van der Waals surface area contributed by atoms with Gasteiger partial charge in [0.05, 0.1) is 17.3 Å². The quantitative estimate of drug-likeness (QED) is 0.343. The number of alkyl halides is 2. The van der Waals surface area contributed by atoms with Crippen molar-refractivity contribution >= 4 is 47.6 Å². The Kier molecular flexibility index (Phi) is 6.69. The number of hydrogen-bond donors (Lipinski definition) is 5. The Morgan fingerprint density at radius 2 is 2.14 bits per heavy atom. The maximum atomic E-state index is 14.0. The van der Waals surface area contributed by atoms with Gasteiger partial charge in [-0.2, -0.15) is 14.0 Å². The number of nitrogens with one attached hydrogen (secondary N) is 3. The third kappa shape index (κ3) is 4.29. The molecule has 5 N–H and O–H groups in total. The van der Waals surface area contributed by atoms with Gasteiger partial charge in [0.15, 0.2) is 0 Å². The molecule has 28 heavy (non-hydrogen) atoms. The summed E-state index contributed by atoms with van der Waals surface area (Å²) in [7, 11) is -3.62. The minimum atomic E-state index is -3.96. The average Bonchev–Trinajstić information content (AvgIpc) is 3.04. The van der Waals surface area contributed by atoms with Crippen LogP contribution in [0.15, 0.2) is 30.4 Å². The number of fused-ring (bicyclic) bond motifs is 1. The van der Waals surface area contributed by atoms with Gasteiger partial charge in [0.25, 0.3) is 5.91 Å². The average molecular weight is 424 g/mol. The molecule has 0 radical (unpaired) electrons. The van der Waals surface area contributed by atoms with Crippen LogP contribution in [-0.2, 0) is 5.66 Å². The van der Waals surface area contributed by atoms with E-state index in [-0.39, 0.29) is 16.7 Å². The predicted molar refractivity (Wildman–Crippen MR) is 104 cm³/mol. The van der Waals surface area contributed by atoms with E-state index in [0.29, 0.717) is 16.0 Å². The lowest BCUT2D eigenvalue weighted by Gasteiger charge is -2.15. The number of amides is 1. The fourth-order valence-corrected chi connectivity index (χ4v) is 3.99. The maximum Gasteiger partial charge on any atom is 0.349 e. The van der Waals surface area contributed by atoms with Crippen LogP contribution in [0.4, 0.5) is 8.78 Å². The summed E-state index contributed by atoms with van der Waals surface area (Å²) in [6, 6.07) is 5.06. The molecule has 0 fully saturated rings. The molecule has 0 aliphatic rings. The van der Waals surface area contributed by atoms with Crippen LogP contribution in [0.5, 0.6) is 0 Å². The van der Waals surface area contributed by atoms with Crippen molar-refractivity contribution in [3.05, 3.63) is 46.4 Å². The highest BCUT2D eigenvalue weighted by molar-refractivity contribution is 7.46. The molecule has 2 aromatic rings. The molecule has 0 aliphatic heterocycles. The molecular weight excluding hydrogens is 409 g/mol. The van der Waals surface area contributed by atoms with Gasteiger partial charge in [0, 0.05) is 21.9 Å². The Morgan fingerprint density at radius 3 is 2.71 bits per heavy atom. The van der Waals surface area contributed by atoms with Crippen LogP contribution in [-0.4, -0.2) is 33.7 Å². The molecule has 1 aromatic carbocycles. The molecule has 0 spiro atoms. The number of allylic oxidation sites excluding steroid dienone is 1. The number of rotatable bonds is 7. The molecule has 1 heterocycles. The molecule has 1 aromatic heterocycles. The van der Waals surface area contributed by atoms with Crippen LogP contribution in [0.3, 0.4) is 0 Å². The molecule has 11 heteroatoms. The van der Waals surface area contributed by atoms with E-state index >= 15 is 0 Å². The summed E-state index contributed by atoms with van der Waals surface area (Å²) in [5, 5.41) is 26.7. The number of halogens is 2. The monoisotopic (exact) mass is 424 g/mol. The van der Waals surface area contributed by atoms with Crippen molar-refractivity contribution < 1.29 is 23.4 Å². The first-order valence-electron chi connectivity index (χ1n) is 7.72. The van der Waals surface area contributed by atoms with Crippen molar-refractivity contribution in [2.45, 2.75) is 18.6 Å². The lowest BCUT2D eigenvalue weighted by atomic mass is 10.1. The number of carbonyl (C=O) groups is 1. The Labute approximate surface area is 163 Å². The molecule has 7 nitrogen and oxygen atoms in total. The second-order valence-corrected chi connectivity index (χ2v) is 7.83. The highest BCUT2D eigenvalue weighted by Crippen LogP contribution is 2.56. The summed E-state index contributed by atoms with van der Waals surface area (Å²) in [6.07, 6.45) is 3.68. The maximum absolute atomic E-state index is 14.0. The van der Waals surface area contributed by atoms with Crippen LogP contribution in [0.1, 0.15) is 27.7 Å². The van der Waals surface area contributed by atoms with E-state index in [9.17, 15) is 18.8 Å². The van der Waals surface area contributed by atoms with E-state index in [2.05, 4.69) is 5.32 Å². The third-order valence-corrected chi connectivity index (χ3v) is 5.89.